The summed E-state index contributed by atoms with van der Waals surface area (Å²) in [6, 6.07) is 4.43. The van der Waals surface area contributed by atoms with Gasteiger partial charge in [-0.15, -0.1) is 0 Å². The van der Waals surface area contributed by atoms with Gasteiger partial charge in [0, 0.05) is 19.2 Å². The van der Waals surface area contributed by atoms with Crippen LogP contribution in [0.25, 0.3) is 0 Å². The molecule has 1 heterocycles. The van der Waals surface area contributed by atoms with E-state index in [9.17, 15) is 14.0 Å². The number of carbonyl (C=O) groups is 2. The second-order valence-corrected chi connectivity index (χ2v) is 4.71. The van der Waals surface area contributed by atoms with E-state index in [1.165, 1.54) is 6.07 Å². The van der Waals surface area contributed by atoms with Gasteiger partial charge in [-0.05, 0) is 36.6 Å². The molecule has 1 fully saturated rings. The number of piperidine rings is 1. The van der Waals surface area contributed by atoms with E-state index >= 15 is 0 Å². The lowest BCUT2D eigenvalue weighted by molar-refractivity contribution is -0.134. The summed E-state index contributed by atoms with van der Waals surface area (Å²) in [5, 5.41) is 2.33. The predicted octanol–water partition coefficient (Wildman–Crippen LogP) is 1.63. The van der Waals surface area contributed by atoms with Crippen molar-refractivity contribution in [2.45, 2.75) is 32.2 Å². The fraction of sp³-hybridized carbons (Fsp3) is 0.429. The van der Waals surface area contributed by atoms with E-state index in [-0.39, 0.29) is 23.7 Å². The number of halogens is 1. The molecule has 0 saturated carbocycles. The van der Waals surface area contributed by atoms with Crippen molar-refractivity contribution in [2.24, 2.45) is 0 Å². The van der Waals surface area contributed by atoms with E-state index in [0.29, 0.717) is 24.8 Å². The average molecular weight is 264 g/mol. The maximum Gasteiger partial charge on any atom is 0.249 e. The number of anilines is 1. The minimum absolute atomic E-state index is 0.233. The zero-order valence-corrected chi connectivity index (χ0v) is 11.1. The molecule has 2 amide bonds. The van der Waals surface area contributed by atoms with Gasteiger partial charge in [-0.25, -0.2) is 4.39 Å². The highest BCUT2D eigenvalue weighted by Gasteiger charge is 2.30. The summed E-state index contributed by atoms with van der Waals surface area (Å²) in [5.41, 5.74) is 1.41. The first kappa shape index (κ1) is 13.5. The van der Waals surface area contributed by atoms with Crippen LogP contribution in [0.3, 0.4) is 0 Å². The fourth-order valence-electron chi connectivity index (χ4n) is 2.28. The van der Waals surface area contributed by atoms with Crippen LogP contribution in [0.5, 0.6) is 0 Å². The molecule has 5 heteroatoms. The van der Waals surface area contributed by atoms with Gasteiger partial charge in [-0.2, -0.15) is 0 Å². The number of imide groups is 1. The molecule has 1 aliphatic heterocycles. The van der Waals surface area contributed by atoms with E-state index in [1.54, 1.807) is 24.1 Å². The summed E-state index contributed by atoms with van der Waals surface area (Å²) < 4.78 is 13.5. The molecule has 1 saturated heterocycles. The van der Waals surface area contributed by atoms with Crippen molar-refractivity contribution in [3.8, 4) is 0 Å². The summed E-state index contributed by atoms with van der Waals surface area (Å²) in [5.74, 6) is -0.757. The van der Waals surface area contributed by atoms with Gasteiger partial charge in [0.2, 0.25) is 11.8 Å². The van der Waals surface area contributed by atoms with Gasteiger partial charge in [0.25, 0.3) is 0 Å². The van der Waals surface area contributed by atoms with Crippen LogP contribution in [0.4, 0.5) is 10.1 Å². The molecule has 1 aromatic carbocycles. The number of amides is 2. The van der Waals surface area contributed by atoms with Crippen LogP contribution in [0, 0.1) is 5.82 Å². The van der Waals surface area contributed by atoms with Crippen molar-refractivity contribution in [3.63, 3.8) is 0 Å². The Kier molecular flexibility index (Phi) is 3.83. The van der Waals surface area contributed by atoms with Gasteiger partial charge in [-0.3, -0.25) is 14.9 Å². The van der Waals surface area contributed by atoms with Crippen LogP contribution in [0.15, 0.2) is 18.2 Å². The maximum absolute atomic E-state index is 13.5. The van der Waals surface area contributed by atoms with Crippen molar-refractivity contribution in [3.05, 3.63) is 29.6 Å². The molecule has 1 aromatic rings. The molecule has 0 bridgehead atoms. The molecule has 4 nitrogen and oxygen atoms in total. The highest BCUT2D eigenvalue weighted by molar-refractivity contribution is 6.01. The third kappa shape index (κ3) is 2.75. The Hall–Kier alpha value is -1.91. The first-order valence-electron chi connectivity index (χ1n) is 6.38. The Labute approximate surface area is 111 Å². The van der Waals surface area contributed by atoms with Gasteiger partial charge >= 0.3 is 0 Å². The Morgan fingerprint density at radius 2 is 2.16 bits per heavy atom. The molecule has 1 atom stereocenters. The molecule has 2 rings (SSSR count). The van der Waals surface area contributed by atoms with Crippen LogP contribution in [0.1, 0.15) is 25.3 Å². The molecular weight excluding hydrogens is 247 g/mol. The van der Waals surface area contributed by atoms with Gasteiger partial charge in [-0.1, -0.05) is 6.92 Å². The molecule has 102 valence electrons. The number of rotatable bonds is 3. The van der Waals surface area contributed by atoms with Crippen LogP contribution in [-0.4, -0.2) is 24.9 Å². The number of aryl methyl sites for hydroxylation is 1. The topological polar surface area (TPSA) is 49.4 Å². The van der Waals surface area contributed by atoms with E-state index in [4.69, 9.17) is 0 Å². The fourth-order valence-corrected chi connectivity index (χ4v) is 2.28. The van der Waals surface area contributed by atoms with Gasteiger partial charge in [0.1, 0.15) is 11.9 Å². The first-order valence-corrected chi connectivity index (χ1v) is 6.38. The largest absolute Gasteiger partial charge is 0.363 e. The number of benzene rings is 1. The lowest BCUT2D eigenvalue weighted by Gasteiger charge is -2.31. The second-order valence-electron chi connectivity index (χ2n) is 4.71. The molecule has 0 radical (unpaired) electrons. The lowest BCUT2D eigenvalue weighted by atomic mass is 10.0. The van der Waals surface area contributed by atoms with Crippen LogP contribution >= 0.6 is 0 Å². The average Bonchev–Trinajstić information content (AvgIpc) is 2.38. The van der Waals surface area contributed by atoms with Crippen LogP contribution < -0.4 is 10.2 Å². The Bertz CT molecular complexity index is 516. The highest BCUT2D eigenvalue weighted by atomic mass is 19.1. The third-order valence-electron chi connectivity index (χ3n) is 3.50. The molecule has 19 heavy (non-hydrogen) atoms. The summed E-state index contributed by atoms with van der Waals surface area (Å²) in [6.45, 7) is 1.88. The normalized spacial score (nSPS) is 19.2. The van der Waals surface area contributed by atoms with Crippen molar-refractivity contribution in [1.82, 2.24) is 5.32 Å². The molecule has 0 aromatic heterocycles. The Morgan fingerprint density at radius 3 is 2.79 bits per heavy atom. The lowest BCUT2D eigenvalue weighted by Crippen LogP contribution is -2.51. The Balaban J connectivity index is 2.21. The number of nitrogens with zero attached hydrogens (tertiary/aromatic N) is 1. The highest BCUT2D eigenvalue weighted by Crippen LogP contribution is 2.22. The molecule has 0 aliphatic carbocycles. The SMILES string of the molecule is CCc1cc(N(C)C2CCC(=O)NC2=O)ccc1F. The zero-order valence-electron chi connectivity index (χ0n) is 11.1. The van der Waals surface area contributed by atoms with Crippen molar-refractivity contribution in [1.29, 1.82) is 0 Å². The third-order valence-corrected chi connectivity index (χ3v) is 3.50. The van der Waals surface area contributed by atoms with Gasteiger partial charge < -0.3 is 4.90 Å². The number of hydrogen-bond acceptors (Lipinski definition) is 3. The minimum atomic E-state index is -0.382. The molecular formula is C14H17FN2O2. The Morgan fingerprint density at radius 1 is 1.42 bits per heavy atom. The van der Waals surface area contributed by atoms with E-state index in [1.807, 2.05) is 6.92 Å². The monoisotopic (exact) mass is 264 g/mol. The number of likely N-dealkylation sites (N-methyl/N-ethyl adjacent to an activating group) is 1. The zero-order chi connectivity index (χ0) is 14.0. The summed E-state index contributed by atoms with van der Waals surface area (Å²) in [4.78, 5) is 24.7. The first-order chi connectivity index (χ1) is 9.02. The maximum atomic E-state index is 13.5. The van der Waals surface area contributed by atoms with Crippen molar-refractivity contribution >= 4 is 17.5 Å². The predicted molar refractivity (Wildman–Crippen MR) is 70.4 cm³/mol. The standard InChI is InChI=1S/C14H17FN2O2/c1-3-9-8-10(4-5-11(9)15)17(2)12-6-7-13(18)16-14(12)19/h4-5,8,12H,3,6-7H2,1-2H3,(H,16,18,19). The number of hydrogen-bond donors (Lipinski definition) is 1. The van der Waals surface area contributed by atoms with Crippen molar-refractivity contribution in [2.75, 3.05) is 11.9 Å². The molecule has 1 aliphatic rings. The van der Waals surface area contributed by atoms with Crippen LogP contribution in [0.2, 0.25) is 0 Å². The number of nitrogens with one attached hydrogen (secondary N) is 1. The minimum Gasteiger partial charge on any atom is -0.363 e. The molecule has 1 N–H and O–H groups in total. The molecule has 0 spiro atoms. The second kappa shape index (κ2) is 5.38. The number of carbonyl (C=O) groups excluding carboxylic acids is 2. The quantitative estimate of drug-likeness (QED) is 0.844. The van der Waals surface area contributed by atoms with E-state index < -0.39 is 0 Å². The summed E-state index contributed by atoms with van der Waals surface area (Å²) >= 11 is 0. The van der Waals surface area contributed by atoms with E-state index in [2.05, 4.69) is 5.32 Å². The van der Waals surface area contributed by atoms with E-state index in [0.717, 1.165) is 5.69 Å². The van der Waals surface area contributed by atoms with Crippen molar-refractivity contribution < 1.29 is 14.0 Å². The van der Waals surface area contributed by atoms with Gasteiger partial charge in [0.15, 0.2) is 0 Å². The van der Waals surface area contributed by atoms with Crippen LogP contribution in [-0.2, 0) is 16.0 Å². The smallest absolute Gasteiger partial charge is 0.249 e. The van der Waals surface area contributed by atoms with Gasteiger partial charge in [0.05, 0.1) is 0 Å². The summed E-state index contributed by atoms with van der Waals surface area (Å²) in [6.07, 6.45) is 1.42. The molecule has 1 unspecified atom stereocenters. The summed E-state index contributed by atoms with van der Waals surface area (Å²) in [7, 11) is 1.78.